The van der Waals surface area contributed by atoms with Gasteiger partial charge in [-0.05, 0) is 12.8 Å². The molecule has 0 bridgehead atoms. The summed E-state index contributed by atoms with van der Waals surface area (Å²) in [6.45, 7) is 0. The molecule has 2 atom stereocenters. The van der Waals surface area contributed by atoms with E-state index in [1.54, 1.807) is 0 Å². The normalized spacial score (nSPS) is 31.2. The van der Waals surface area contributed by atoms with Crippen LogP contribution < -0.4 is 0 Å². The van der Waals surface area contributed by atoms with E-state index in [0.717, 1.165) is 38.5 Å². The zero-order valence-corrected chi connectivity index (χ0v) is 8.95. The first-order chi connectivity index (χ1) is 7.20. The molecule has 0 spiro atoms. The van der Waals surface area contributed by atoms with Crippen molar-refractivity contribution in [2.45, 2.75) is 63.8 Å². The van der Waals surface area contributed by atoms with Crippen molar-refractivity contribution in [1.29, 1.82) is 0 Å². The summed E-state index contributed by atoms with van der Waals surface area (Å²) >= 11 is 0. The zero-order chi connectivity index (χ0) is 11.1. The number of hydrogen-bond acceptors (Lipinski definition) is 3. The number of carbonyl (C=O) groups excluding carboxylic acids is 1. The summed E-state index contributed by atoms with van der Waals surface area (Å²) in [6, 6.07) is 0. The number of carbonyl (C=O) groups is 1. The molecule has 0 aromatic carbocycles. The molecule has 0 radical (unpaired) electrons. The molecule has 1 N–H and O–H groups in total. The molecule has 2 unspecified atom stereocenters. The lowest BCUT2D eigenvalue weighted by atomic mass is 10.1. The molecule has 0 aromatic rings. The van der Waals surface area contributed by atoms with Crippen molar-refractivity contribution < 1.29 is 19.0 Å². The largest absolute Gasteiger partial charge is 0.433 e. The van der Waals surface area contributed by atoms with Gasteiger partial charge in [-0.2, -0.15) is 0 Å². The van der Waals surface area contributed by atoms with E-state index >= 15 is 0 Å². The number of aliphatic hydroxyl groups is 1. The summed E-state index contributed by atoms with van der Waals surface area (Å²) in [6.07, 6.45) is 3.22. The number of alkyl halides is 1. The molecule has 1 saturated heterocycles. The number of rotatable bonds is 0. The summed E-state index contributed by atoms with van der Waals surface area (Å²) in [5.74, 6) is -0.495. The highest BCUT2D eigenvalue weighted by Crippen LogP contribution is 2.16. The van der Waals surface area contributed by atoms with E-state index < -0.39 is 18.4 Å². The van der Waals surface area contributed by atoms with Crippen LogP contribution in [0.3, 0.4) is 0 Å². The second-order valence-electron chi connectivity index (χ2n) is 4.06. The van der Waals surface area contributed by atoms with E-state index in [1.807, 2.05) is 0 Å². The first-order valence-electron chi connectivity index (χ1n) is 5.72. The minimum Gasteiger partial charge on any atom is -0.433 e. The van der Waals surface area contributed by atoms with E-state index in [1.165, 1.54) is 0 Å². The Kier molecular flexibility index (Phi) is 5.61. The van der Waals surface area contributed by atoms with Crippen LogP contribution in [0.2, 0.25) is 0 Å². The fourth-order valence-electron chi connectivity index (χ4n) is 1.73. The lowest BCUT2D eigenvalue weighted by molar-refractivity contribution is -0.179. The molecule has 1 aliphatic heterocycles. The van der Waals surface area contributed by atoms with Crippen molar-refractivity contribution in [3.8, 4) is 0 Å². The minimum absolute atomic E-state index is 0.272. The fourth-order valence-corrected chi connectivity index (χ4v) is 1.73. The average Bonchev–Trinajstić information content (AvgIpc) is 2.19. The Hall–Kier alpha value is -0.640. The van der Waals surface area contributed by atoms with E-state index in [-0.39, 0.29) is 12.8 Å². The van der Waals surface area contributed by atoms with Gasteiger partial charge in [0.15, 0.2) is 6.17 Å². The van der Waals surface area contributed by atoms with Gasteiger partial charge in [0.2, 0.25) is 6.29 Å². The molecule has 3 nitrogen and oxygen atoms in total. The quantitative estimate of drug-likeness (QED) is 0.635. The second kappa shape index (κ2) is 6.77. The molecule has 0 aliphatic carbocycles. The highest BCUT2D eigenvalue weighted by molar-refractivity contribution is 5.69. The molecule has 1 aliphatic rings. The second-order valence-corrected chi connectivity index (χ2v) is 4.06. The molecule has 4 heteroatoms. The maximum atomic E-state index is 13.2. The van der Waals surface area contributed by atoms with Gasteiger partial charge in [0, 0.05) is 6.42 Å². The minimum atomic E-state index is -1.57. The van der Waals surface area contributed by atoms with Gasteiger partial charge >= 0.3 is 5.97 Å². The molecule has 1 fully saturated rings. The summed E-state index contributed by atoms with van der Waals surface area (Å²) in [4.78, 5) is 11.1. The summed E-state index contributed by atoms with van der Waals surface area (Å²) in [5.41, 5.74) is 0. The Labute approximate surface area is 89.6 Å². The van der Waals surface area contributed by atoms with Crippen LogP contribution >= 0.6 is 0 Å². The van der Waals surface area contributed by atoms with Crippen molar-refractivity contribution in [3.05, 3.63) is 0 Å². The van der Waals surface area contributed by atoms with Crippen LogP contribution in [0.25, 0.3) is 0 Å². The Bertz CT molecular complexity index is 196. The molecule has 0 amide bonds. The van der Waals surface area contributed by atoms with Gasteiger partial charge in [0.25, 0.3) is 0 Å². The van der Waals surface area contributed by atoms with E-state index in [4.69, 9.17) is 0 Å². The average molecular weight is 218 g/mol. The third kappa shape index (κ3) is 5.11. The van der Waals surface area contributed by atoms with Crippen LogP contribution in [0.5, 0.6) is 0 Å². The molecular weight excluding hydrogens is 199 g/mol. The van der Waals surface area contributed by atoms with Crippen molar-refractivity contribution in [2.75, 3.05) is 0 Å². The predicted molar refractivity (Wildman–Crippen MR) is 53.9 cm³/mol. The van der Waals surface area contributed by atoms with Gasteiger partial charge in [0.05, 0.1) is 0 Å². The number of halogens is 1. The van der Waals surface area contributed by atoms with E-state index in [2.05, 4.69) is 4.74 Å². The molecule has 88 valence electrons. The van der Waals surface area contributed by atoms with Crippen molar-refractivity contribution in [1.82, 2.24) is 0 Å². The van der Waals surface area contributed by atoms with E-state index in [0.29, 0.717) is 0 Å². The lowest BCUT2D eigenvalue weighted by Crippen LogP contribution is -2.28. The van der Waals surface area contributed by atoms with Gasteiger partial charge < -0.3 is 9.84 Å². The Morgan fingerprint density at radius 3 is 2.47 bits per heavy atom. The van der Waals surface area contributed by atoms with Gasteiger partial charge in [-0.15, -0.1) is 0 Å². The standard InChI is InChI=1S/C11H19FO3/c12-9-7-5-3-1-2-4-6-8-10(13)15-11(9)14/h9,11,14H,1-8H2. The summed E-state index contributed by atoms with van der Waals surface area (Å²) in [7, 11) is 0. The number of esters is 1. The van der Waals surface area contributed by atoms with Gasteiger partial charge in [-0.25, -0.2) is 4.39 Å². The van der Waals surface area contributed by atoms with Crippen LogP contribution in [0.4, 0.5) is 4.39 Å². The van der Waals surface area contributed by atoms with Gasteiger partial charge in [0.1, 0.15) is 0 Å². The van der Waals surface area contributed by atoms with Crippen LogP contribution in [0.1, 0.15) is 51.4 Å². The van der Waals surface area contributed by atoms with Crippen LogP contribution in [-0.2, 0) is 9.53 Å². The number of aliphatic hydroxyl groups excluding tert-OH is 1. The molecule has 15 heavy (non-hydrogen) atoms. The van der Waals surface area contributed by atoms with Crippen LogP contribution in [0.15, 0.2) is 0 Å². The lowest BCUT2D eigenvalue weighted by Gasteiger charge is -2.17. The van der Waals surface area contributed by atoms with Crippen molar-refractivity contribution >= 4 is 5.97 Å². The Balaban J connectivity index is 2.38. The monoisotopic (exact) mass is 218 g/mol. The first kappa shape index (κ1) is 12.4. The number of ether oxygens (including phenoxy) is 1. The fraction of sp³-hybridized carbons (Fsp3) is 0.909. The molecular formula is C11H19FO3. The molecule has 1 rings (SSSR count). The highest BCUT2D eigenvalue weighted by Gasteiger charge is 2.22. The third-order valence-electron chi connectivity index (χ3n) is 2.67. The van der Waals surface area contributed by atoms with Gasteiger partial charge in [-0.3, -0.25) is 4.79 Å². The molecule has 1 heterocycles. The maximum Gasteiger partial charge on any atom is 0.308 e. The number of hydrogen-bond donors (Lipinski definition) is 1. The SMILES string of the molecule is O=C1CCCCCCCCC(F)C(O)O1. The van der Waals surface area contributed by atoms with Crippen molar-refractivity contribution in [3.63, 3.8) is 0 Å². The first-order valence-corrected chi connectivity index (χ1v) is 5.72. The number of cyclic esters (lactones) is 1. The summed E-state index contributed by atoms with van der Waals surface area (Å²) < 4.78 is 17.8. The van der Waals surface area contributed by atoms with E-state index in [9.17, 15) is 14.3 Å². The predicted octanol–water partition coefficient (Wildman–Crippen LogP) is 2.32. The van der Waals surface area contributed by atoms with Crippen LogP contribution in [0, 0.1) is 0 Å². The van der Waals surface area contributed by atoms with Crippen LogP contribution in [-0.4, -0.2) is 23.5 Å². The molecule has 0 aromatic heterocycles. The highest BCUT2D eigenvalue weighted by atomic mass is 19.1. The Morgan fingerprint density at radius 2 is 1.73 bits per heavy atom. The Morgan fingerprint density at radius 1 is 1.13 bits per heavy atom. The summed E-state index contributed by atoms with van der Waals surface area (Å²) in [5, 5.41) is 9.21. The van der Waals surface area contributed by atoms with Crippen molar-refractivity contribution in [2.24, 2.45) is 0 Å². The topological polar surface area (TPSA) is 46.5 Å². The van der Waals surface area contributed by atoms with Gasteiger partial charge in [-0.1, -0.05) is 32.1 Å². The third-order valence-corrected chi connectivity index (χ3v) is 2.67. The molecule has 0 saturated carbocycles. The smallest absolute Gasteiger partial charge is 0.308 e. The zero-order valence-electron chi connectivity index (χ0n) is 8.95. The maximum absolute atomic E-state index is 13.2.